The fourth-order valence-corrected chi connectivity index (χ4v) is 11.8. The summed E-state index contributed by atoms with van der Waals surface area (Å²) in [6.45, 7) is 12.8. The predicted octanol–water partition coefficient (Wildman–Crippen LogP) is 7.60. The van der Waals surface area contributed by atoms with Crippen molar-refractivity contribution in [3.8, 4) is 5.75 Å². The number of carbonyl (C=O) groups excluding carboxylic acids is 1. The van der Waals surface area contributed by atoms with Crippen LogP contribution in [0.5, 0.6) is 5.75 Å². The summed E-state index contributed by atoms with van der Waals surface area (Å²) in [7, 11) is 0. The van der Waals surface area contributed by atoms with E-state index in [1.165, 1.54) is 24.3 Å². The van der Waals surface area contributed by atoms with Crippen molar-refractivity contribution < 1.29 is 57.2 Å². The van der Waals surface area contributed by atoms with Crippen LogP contribution in [0.1, 0.15) is 99.3 Å². The lowest BCUT2D eigenvalue weighted by Crippen LogP contribution is -2.72. The summed E-state index contributed by atoms with van der Waals surface area (Å²) in [6, 6.07) is 5.29. The van der Waals surface area contributed by atoms with Crippen molar-refractivity contribution in [1.82, 2.24) is 0 Å². The lowest BCUT2D eigenvalue weighted by Gasteiger charge is -2.62. The Morgan fingerprint density at radius 1 is 0.745 bits per heavy atom. The molecule has 0 aromatic heterocycles. The number of halogens is 1. The van der Waals surface area contributed by atoms with Crippen molar-refractivity contribution in [3.63, 3.8) is 0 Å². The number of hydrogen-bond donors (Lipinski definition) is 0. The molecule has 282 valence electrons. The van der Waals surface area contributed by atoms with Crippen LogP contribution in [-0.2, 0) is 43.2 Å². The highest BCUT2D eigenvalue weighted by Gasteiger charge is 2.72. The van der Waals surface area contributed by atoms with E-state index in [0.717, 1.165) is 44.9 Å². The monoisotopic (exact) mass is 716 g/mol. The van der Waals surface area contributed by atoms with Crippen molar-refractivity contribution in [1.29, 1.82) is 0 Å². The topological polar surface area (TPSA) is 109 Å². The van der Waals surface area contributed by atoms with Crippen LogP contribution in [-0.4, -0.2) is 59.8 Å². The highest BCUT2D eigenvalue weighted by Crippen LogP contribution is 2.63. The Labute approximate surface area is 299 Å². The normalized spacial score (nSPS) is 51.7. The van der Waals surface area contributed by atoms with Gasteiger partial charge in [-0.1, -0.05) is 27.7 Å². The van der Waals surface area contributed by atoms with Crippen LogP contribution in [0.4, 0.5) is 9.18 Å². The van der Waals surface area contributed by atoms with Crippen molar-refractivity contribution >= 4 is 6.16 Å². The Bertz CT molecular complexity index is 1500. The van der Waals surface area contributed by atoms with Gasteiger partial charge in [-0.3, -0.25) is 0 Å². The maximum atomic E-state index is 13.7. The van der Waals surface area contributed by atoms with E-state index >= 15 is 0 Å². The molecule has 8 heterocycles. The Morgan fingerprint density at radius 3 is 1.88 bits per heavy atom. The molecule has 10 aliphatic rings. The quantitative estimate of drug-likeness (QED) is 0.171. The zero-order valence-corrected chi connectivity index (χ0v) is 30.5. The molecule has 1 aromatic rings. The van der Waals surface area contributed by atoms with Crippen LogP contribution in [0.25, 0.3) is 0 Å². The molecule has 8 aliphatic heterocycles. The lowest BCUT2D eigenvalue weighted by atomic mass is 9.56. The Hall–Kier alpha value is -1.90. The van der Waals surface area contributed by atoms with E-state index in [4.69, 9.17) is 48.0 Å². The highest BCUT2D eigenvalue weighted by molar-refractivity contribution is 5.64. The fourth-order valence-electron chi connectivity index (χ4n) is 11.8. The molecular weight excluding hydrogens is 663 g/mol. The Balaban J connectivity index is 1.04. The second kappa shape index (κ2) is 12.3. The minimum Gasteiger partial charge on any atom is -0.428 e. The average Bonchev–Trinajstić information content (AvgIpc) is 3.47. The van der Waals surface area contributed by atoms with Crippen molar-refractivity contribution in [2.75, 3.05) is 0 Å². The fraction of sp³-hybridized carbons (Fsp3) is 0.821. The second-order valence-corrected chi connectivity index (χ2v) is 17.5. The van der Waals surface area contributed by atoms with Gasteiger partial charge in [-0.05, 0) is 112 Å². The molecule has 0 amide bonds. The number of carbonyl (C=O) groups is 1. The van der Waals surface area contributed by atoms with Gasteiger partial charge in [0.05, 0.1) is 6.10 Å². The third-order valence-electron chi connectivity index (χ3n) is 14.6. The molecule has 2 saturated carbocycles. The first-order valence-corrected chi connectivity index (χ1v) is 19.4. The minimum absolute atomic E-state index is 0.0241. The number of ether oxygens (including phenoxy) is 6. The predicted molar refractivity (Wildman–Crippen MR) is 176 cm³/mol. The molecule has 0 radical (unpaired) electrons. The Morgan fingerprint density at radius 2 is 1.29 bits per heavy atom. The molecule has 11 nitrogen and oxygen atoms in total. The average molecular weight is 717 g/mol. The zero-order valence-electron chi connectivity index (χ0n) is 30.5. The van der Waals surface area contributed by atoms with E-state index in [-0.39, 0.29) is 47.4 Å². The van der Waals surface area contributed by atoms with Crippen LogP contribution in [0.15, 0.2) is 24.3 Å². The largest absolute Gasteiger partial charge is 0.514 e. The maximum absolute atomic E-state index is 13.7. The molecule has 11 rings (SSSR count). The van der Waals surface area contributed by atoms with E-state index in [1.807, 2.05) is 13.8 Å². The molecule has 0 N–H and O–H groups in total. The summed E-state index contributed by atoms with van der Waals surface area (Å²) >= 11 is 0. The van der Waals surface area contributed by atoms with E-state index in [2.05, 4.69) is 27.7 Å². The third-order valence-corrected chi connectivity index (χ3v) is 14.6. The maximum Gasteiger partial charge on any atom is 0.514 e. The van der Waals surface area contributed by atoms with Crippen LogP contribution < -0.4 is 4.74 Å². The SMILES string of the molecule is C[C@H]1[C@@H]([C@H](C[C@H]2O[C@@H]3OC4(C)CC[C@H]5[C@H](C)CC[C@@H]([C@H]2C)[C@@]35OO4)OC(=O)Oc2ccc(F)cc2)O[C@@H]2OC3(C)CC[C@H]4[C@H](C)CC[C@@H]1[C@@]24OO3. The number of hydrogen-bond acceptors (Lipinski definition) is 11. The summed E-state index contributed by atoms with van der Waals surface area (Å²) in [4.78, 5) is 38.5. The molecule has 1 aromatic carbocycles. The van der Waals surface area contributed by atoms with Crippen molar-refractivity contribution in [3.05, 3.63) is 30.1 Å². The van der Waals surface area contributed by atoms with Gasteiger partial charge in [-0.25, -0.2) is 28.7 Å². The van der Waals surface area contributed by atoms with Crippen LogP contribution in [0.2, 0.25) is 0 Å². The molecule has 2 unspecified atom stereocenters. The van der Waals surface area contributed by atoms with Gasteiger partial charge >= 0.3 is 6.16 Å². The summed E-state index contributed by atoms with van der Waals surface area (Å²) in [5.74, 6) is -0.746. The van der Waals surface area contributed by atoms with Crippen LogP contribution in [0, 0.1) is 53.2 Å². The van der Waals surface area contributed by atoms with E-state index in [0.29, 0.717) is 24.7 Å². The van der Waals surface area contributed by atoms with E-state index in [9.17, 15) is 9.18 Å². The highest BCUT2D eigenvalue weighted by atomic mass is 19.1. The first-order valence-electron chi connectivity index (χ1n) is 19.4. The van der Waals surface area contributed by atoms with Crippen molar-refractivity contribution in [2.45, 2.75) is 153 Å². The smallest absolute Gasteiger partial charge is 0.428 e. The zero-order chi connectivity index (χ0) is 35.5. The Kier molecular flexibility index (Phi) is 8.41. The van der Waals surface area contributed by atoms with E-state index < -0.39 is 59.5 Å². The van der Waals surface area contributed by atoms with Gasteiger partial charge in [-0.2, -0.15) is 0 Å². The van der Waals surface area contributed by atoms with Gasteiger partial charge in [0.2, 0.25) is 11.6 Å². The van der Waals surface area contributed by atoms with Gasteiger partial charge in [0.25, 0.3) is 0 Å². The summed E-state index contributed by atoms with van der Waals surface area (Å²) < 4.78 is 52.9. The minimum atomic E-state index is -0.946. The molecule has 51 heavy (non-hydrogen) atoms. The summed E-state index contributed by atoms with van der Waals surface area (Å²) in [6.07, 6.45) is 3.63. The lowest BCUT2D eigenvalue weighted by molar-refractivity contribution is -0.573. The molecular formula is C39H53FO11. The van der Waals surface area contributed by atoms with Crippen LogP contribution >= 0.6 is 0 Å². The number of benzene rings is 1. The van der Waals surface area contributed by atoms with Gasteiger partial charge in [0, 0.05) is 31.1 Å². The van der Waals surface area contributed by atoms with E-state index in [1.54, 1.807) is 0 Å². The van der Waals surface area contributed by atoms with Crippen LogP contribution in [0.3, 0.4) is 0 Å². The molecule has 8 saturated heterocycles. The third kappa shape index (κ3) is 5.36. The first kappa shape index (κ1) is 34.8. The molecule has 17 atom stereocenters. The standard InChI is InChI=1S/C39H53FO11/c1-20-7-13-28-22(3)30(43-33-38(28)26(20)15-17-36(5,46-33)48-50-38)19-31(44-35(41)42-25-11-9-24(40)10-12-25)32-23(4)29-14-8-21(2)27-16-18-37(6)47-34(45-32)39(27,29)51-49-37/h9-12,20-23,26-34H,7-8,13-19H2,1-6H3/t20-,21-,22-,23-,26+,27+,28+,29+,30-,31+,32+,33-,34-,36?,37?,38-,39-/m1/s1. The molecule has 10 fully saturated rings. The molecule has 2 aliphatic carbocycles. The van der Waals surface area contributed by atoms with Gasteiger partial charge in [0.1, 0.15) is 23.8 Å². The number of rotatable bonds is 5. The van der Waals surface area contributed by atoms with Gasteiger partial charge < -0.3 is 28.4 Å². The first-order chi connectivity index (χ1) is 24.3. The van der Waals surface area contributed by atoms with Crippen molar-refractivity contribution in [2.24, 2.45) is 47.3 Å². The summed E-state index contributed by atoms with van der Waals surface area (Å²) in [5.41, 5.74) is -1.48. The molecule has 12 heteroatoms. The van der Waals surface area contributed by atoms with Gasteiger partial charge in [-0.15, -0.1) is 0 Å². The summed E-state index contributed by atoms with van der Waals surface area (Å²) in [5, 5.41) is 0. The number of fused-ring (bicyclic) bond motifs is 4. The molecule has 4 bridgehead atoms. The second-order valence-electron chi connectivity index (χ2n) is 17.5. The van der Waals surface area contributed by atoms with Gasteiger partial charge in [0.15, 0.2) is 23.8 Å². The molecule has 2 spiro atoms.